The molecular formula is C18H18ClN7O3. The monoisotopic (exact) mass is 415 g/mol. The van der Waals surface area contributed by atoms with E-state index in [1.807, 2.05) is 0 Å². The number of nitrogens with zero attached hydrogens (tertiary/aromatic N) is 5. The zero-order valence-corrected chi connectivity index (χ0v) is 16.0. The molecule has 1 saturated carbocycles. The molecule has 4 rings (SSSR count). The second kappa shape index (κ2) is 8.10. The highest BCUT2D eigenvalue weighted by molar-refractivity contribution is 6.32. The first-order chi connectivity index (χ1) is 14.0. The van der Waals surface area contributed by atoms with Crippen LogP contribution in [0.15, 0.2) is 30.7 Å². The minimum atomic E-state index is -0.545. The number of aromatic nitrogens is 4. The average molecular weight is 416 g/mol. The second-order valence-corrected chi connectivity index (χ2v) is 7.26. The molecule has 29 heavy (non-hydrogen) atoms. The summed E-state index contributed by atoms with van der Waals surface area (Å²) in [6.45, 7) is 0. The van der Waals surface area contributed by atoms with Crippen LogP contribution >= 0.6 is 11.6 Å². The number of aliphatic hydroxyl groups excluding tert-OH is 1. The standard InChI is InChI=1S/C18H18ClN7O3/c19-13-6-3-11(7-15(13)26(28)29)23-17-16-14(21-9-22-17)8-20-18(25-16)24-10-1-4-12(27)5-2-10/h3,6-10,12,27H,1-2,4-5H2,(H,20,24,25)(H,21,22,23). The maximum atomic E-state index is 11.1. The van der Waals surface area contributed by atoms with Crippen molar-refractivity contribution in [1.29, 1.82) is 0 Å². The van der Waals surface area contributed by atoms with Gasteiger partial charge in [0.1, 0.15) is 22.4 Å². The molecule has 0 unspecified atom stereocenters. The van der Waals surface area contributed by atoms with E-state index in [0.717, 1.165) is 25.7 Å². The van der Waals surface area contributed by atoms with Gasteiger partial charge in [0.15, 0.2) is 5.82 Å². The van der Waals surface area contributed by atoms with Crippen LogP contribution in [0.5, 0.6) is 0 Å². The van der Waals surface area contributed by atoms with Crippen LogP contribution in [0.3, 0.4) is 0 Å². The molecule has 10 nitrogen and oxygen atoms in total. The van der Waals surface area contributed by atoms with E-state index in [9.17, 15) is 15.2 Å². The van der Waals surface area contributed by atoms with Gasteiger partial charge in [0, 0.05) is 17.8 Å². The summed E-state index contributed by atoms with van der Waals surface area (Å²) in [5.41, 5.74) is 1.27. The summed E-state index contributed by atoms with van der Waals surface area (Å²) in [7, 11) is 0. The van der Waals surface area contributed by atoms with Crippen LogP contribution in [0.1, 0.15) is 25.7 Å². The van der Waals surface area contributed by atoms with Crippen LogP contribution in [0.2, 0.25) is 5.02 Å². The third-order valence-electron chi connectivity index (χ3n) is 4.81. The molecule has 1 aliphatic rings. The van der Waals surface area contributed by atoms with Crippen molar-refractivity contribution in [2.45, 2.75) is 37.8 Å². The number of rotatable bonds is 5. The highest BCUT2D eigenvalue weighted by Gasteiger charge is 2.20. The fraction of sp³-hybridized carbons (Fsp3) is 0.333. The van der Waals surface area contributed by atoms with Crippen LogP contribution in [0.4, 0.5) is 23.1 Å². The molecule has 1 aromatic carbocycles. The quantitative estimate of drug-likeness (QED) is 0.422. The second-order valence-electron chi connectivity index (χ2n) is 6.85. The Morgan fingerprint density at radius 1 is 1.17 bits per heavy atom. The summed E-state index contributed by atoms with van der Waals surface area (Å²) in [6.07, 6.45) is 5.90. The van der Waals surface area contributed by atoms with E-state index >= 15 is 0 Å². The number of aliphatic hydroxyl groups is 1. The molecule has 0 aliphatic heterocycles. The van der Waals surface area contributed by atoms with Crippen molar-refractivity contribution >= 4 is 45.8 Å². The van der Waals surface area contributed by atoms with Gasteiger partial charge in [0.05, 0.1) is 17.2 Å². The summed E-state index contributed by atoms with van der Waals surface area (Å²) in [6, 6.07) is 4.60. The Kier molecular flexibility index (Phi) is 5.36. The maximum Gasteiger partial charge on any atom is 0.289 e. The first-order valence-electron chi connectivity index (χ1n) is 9.13. The minimum Gasteiger partial charge on any atom is -0.393 e. The molecule has 2 heterocycles. The third kappa shape index (κ3) is 4.33. The number of benzene rings is 1. The van der Waals surface area contributed by atoms with Crippen molar-refractivity contribution in [2.75, 3.05) is 10.6 Å². The van der Waals surface area contributed by atoms with Crippen molar-refractivity contribution in [3.8, 4) is 0 Å². The molecule has 0 atom stereocenters. The van der Waals surface area contributed by atoms with E-state index < -0.39 is 4.92 Å². The van der Waals surface area contributed by atoms with Crippen LogP contribution in [-0.4, -0.2) is 42.1 Å². The van der Waals surface area contributed by atoms with E-state index in [-0.39, 0.29) is 22.9 Å². The number of anilines is 3. The lowest BCUT2D eigenvalue weighted by molar-refractivity contribution is -0.384. The molecule has 0 amide bonds. The van der Waals surface area contributed by atoms with Gasteiger partial charge in [-0.25, -0.2) is 19.9 Å². The third-order valence-corrected chi connectivity index (χ3v) is 5.13. The zero-order chi connectivity index (χ0) is 20.4. The molecule has 0 bridgehead atoms. The normalized spacial score (nSPS) is 19.1. The largest absolute Gasteiger partial charge is 0.393 e. The molecule has 1 aliphatic carbocycles. The number of halogens is 1. The molecule has 1 fully saturated rings. The fourth-order valence-corrected chi connectivity index (χ4v) is 3.47. The lowest BCUT2D eigenvalue weighted by Gasteiger charge is -2.26. The van der Waals surface area contributed by atoms with Gasteiger partial charge in [0.25, 0.3) is 5.69 Å². The minimum absolute atomic E-state index is 0.0551. The van der Waals surface area contributed by atoms with Crippen molar-refractivity contribution in [3.63, 3.8) is 0 Å². The van der Waals surface area contributed by atoms with E-state index in [1.165, 1.54) is 18.5 Å². The Hall–Kier alpha value is -3.11. The Balaban J connectivity index is 1.61. The van der Waals surface area contributed by atoms with Crippen molar-refractivity contribution in [3.05, 3.63) is 45.9 Å². The van der Waals surface area contributed by atoms with E-state index in [2.05, 4.69) is 30.6 Å². The first-order valence-corrected chi connectivity index (χ1v) is 9.50. The molecule has 0 radical (unpaired) electrons. The Morgan fingerprint density at radius 2 is 1.97 bits per heavy atom. The predicted octanol–water partition coefficient (Wildman–Crippen LogP) is 3.44. The van der Waals surface area contributed by atoms with Gasteiger partial charge < -0.3 is 15.7 Å². The van der Waals surface area contributed by atoms with Gasteiger partial charge in [-0.05, 0) is 37.8 Å². The van der Waals surface area contributed by atoms with Crippen molar-refractivity contribution < 1.29 is 10.0 Å². The van der Waals surface area contributed by atoms with Crippen molar-refractivity contribution in [1.82, 2.24) is 19.9 Å². The zero-order valence-electron chi connectivity index (χ0n) is 15.2. The number of nitro benzene ring substituents is 1. The number of nitrogens with one attached hydrogen (secondary N) is 2. The molecule has 3 N–H and O–H groups in total. The molecular weight excluding hydrogens is 398 g/mol. The van der Waals surface area contributed by atoms with Gasteiger partial charge in [-0.2, -0.15) is 0 Å². The maximum absolute atomic E-state index is 11.1. The number of nitro groups is 1. The van der Waals surface area contributed by atoms with Gasteiger partial charge in [-0.15, -0.1) is 0 Å². The SMILES string of the molecule is O=[N+]([O-])c1cc(Nc2ncnc3cnc(NC4CCC(O)CC4)nc23)ccc1Cl. The van der Waals surface area contributed by atoms with E-state index in [1.54, 1.807) is 12.3 Å². The summed E-state index contributed by atoms with van der Waals surface area (Å²) < 4.78 is 0. The van der Waals surface area contributed by atoms with Gasteiger partial charge >= 0.3 is 0 Å². The summed E-state index contributed by atoms with van der Waals surface area (Å²) in [5.74, 6) is 0.843. The number of fused-ring (bicyclic) bond motifs is 1. The lowest BCUT2D eigenvalue weighted by Crippen LogP contribution is -2.28. The highest BCUT2D eigenvalue weighted by atomic mass is 35.5. The topological polar surface area (TPSA) is 139 Å². The molecule has 0 spiro atoms. The summed E-state index contributed by atoms with van der Waals surface area (Å²) in [5, 5.41) is 27.2. The first kappa shape index (κ1) is 19.2. The van der Waals surface area contributed by atoms with Crippen molar-refractivity contribution in [2.24, 2.45) is 0 Å². The molecule has 150 valence electrons. The van der Waals surface area contributed by atoms with E-state index in [0.29, 0.717) is 28.5 Å². The van der Waals surface area contributed by atoms with Crippen LogP contribution in [-0.2, 0) is 0 Å². The average Bonchev–Trinajstić information content (AvgIpc) is 2.71. The summed E-state index contributed by atoms with van der Waals surface area (Å²) in [4.78, 5) is 27.8. The highest BCUT2D eigenvalue weighted by Crippen LogP contribution is 2.30. The van der Waals surface area contributed by atoms with Gasteiger partial charge in [0.2, 0.25) is 5.95 Å². The Labute approximate surface area is 170 Å². The molecule has 2 aromatic heterocycles. The van der Waals surface area contributed by atoms with Crippen LogP contribution < -0.4 is 10.6 Å². The fourth-order valence-electron chi connectivity index (χ4n) is 3.28. The van der Waals surface area contributed by atoms with Gasteiger partial charge in [-0.1, -0.05) is 11.6 Å². The lowest BCUT2D eigenvalue weighted by atomic mass is 9.93. The smallest absolute Gasteiger partial charge is 0.289 e. The predicted molar refractivity (Wildman–Crippen MR) is 108 cm³/mol. The molecule has 11 heteroatoms. The Morgan fingerprint density at radius 3 is 2.72 bits per heavy atom. The van der Waals surface area contributed by atoms with Gasteiger partial charge in [-0.3, -0.25) is 10.1 Å². The molecule has 0 saturated heterocycles. The Bertz CT molecular complexity index is 1060. The summed E-state index contributed by atoms with van der Waals surface area (Å²) >= 11 is 5.87. The van der Waals surface area contributed by atoms with Crippen LogP contribution in [0, 0.1) is 10.1 Å². The van der Waals surface area contributed by atoms with E-state index in [4.69, 9.17) is 11.6 Å². The number of hydrogen-bond donors (Lipinski definition) is 3. The molecule has 3 aromatic rings. The number of hydrogen-bond acceptors (Lipinski definition) is 9. The van der Waals surface area contributed by atoms with Crippen LogP contribution in [0.25, 0.3) is 11.0 Å².